The van der Waals surface area contributed by atoms with Crippen molar-refractivity contribution < 1.29 is 9.53 Å². The van der Waals surface area contributed by atoms with Gasteiger partial charge < -0.3 is 14.2 Å². The molecule has 4 heterocycles. The Morgan fingerprint density at radius 1 is 0.936 bits per heavy atom. The Kier molecular flexibility index (Phi) is 8.23. The monoisotopic (exact) mass is 668 g/mol. The largest absolute Gasteiger partial charge is 0.494 e. The second kappa shape index (κ2) is 12.5. The Morgan fingerprint density at radius 2 is 1.70 bits per heavy atom. The number of tetrazole rings is 1. The molecule has 10 nitrogen and oxygen atoms in total. The van der Waals surface area contributed by atoms with E-state index in [4.69, 9.17) is 27.9 Å². The third-order valence-electron chi connectivity index (χ3n) is 8.90. The number of carbonyl (C=O) groups excluding carboxylic acids is 1. The Hall–Kier alpha value is -4.67. The zero-order chi connectivity index (χ0) is 32.8. The number of halogens is 2. The van der Waals surface area contributed by atoms with E-state index in [9.17, 15) is 4.79 Å². The van der Waals surface area contributed by atoms with Crippen molar-refractivity contribution in [1.29, 1.82) is 0 Å². The lowest BCUT2D eigenvalue weighted by Crippen LogP contribution is -2.31. The van der Waals surface area contributed by atoms with E-state index in [1.54, 1.807) is 0 Å². The number of nitrogens with zero attached hydrogens (tertiary/aromatic N) is 6. The minimum Gasteiger partial charge on any atom is -0.494 e. The van der Waals surface area contributed by atoms with Crippen molar-refractivity contribution in [3.63, 3.8) is 0 Å². The highest BCUT2D eigenvalue weighted by atomic mass is 35.5. The summed E-state index contributed by atoms with van der Waals surface area (Å²) < 4.78 is 8.36. The molecular formula is C35H34Cl2N8O2. The molecule has 0 bridgehead atoms. The lowest BCUT2D eigenvalue weighted by atomic mass is 9.98. The van der Waals surface area contributed by atoms with Gasteiger partial charge in [0.2, 0.25) is 5.82 Å². The SMILES string of the molecule is Cc1cc(OCCCc2c3n(c4c(-c5c(C)n[nH]c5C)c(Cl)ccc24)CCCN(c2ccc(-c4nn[nH]n4)cc2)C3=O)cc(C)c1Cl. The maximum atomic E-state index is 14.7. The first-order valence-corrected chi connectivity index (χ1v) is 16.4. The molecule has 0 spiro atoms. The Morgan fingerprint density at radius 3 is 2.38 bits per heavy atom. The van der Waals surface area contributed by atoms with Crippen LogP contribution in [0.25, 0.3) is 33.4 Å². The lowest BCUT2D eigenvalue weighted by molar-refractivity contribution is 0.0982. The van der Waals surface area contributed by atoms with Gasteiger partial charge in [-0.25, -0.2) is 0 Å². The number of fused-ring (bicyclic) bond motifs is 3. The first-order valence-electron chi connectivity index (χ1n) is 15.6. The maximum absolute atomic E-state index is 14.7. The van der Waals surface area contributed by atoms with Gasteiger partial charge in [0.25, 0.3) is 5.91 Å². The topological polar surface area (TPSA) is 118 Å². The highest BCUT2D eigenvalue weighted by Gasteiger charge is 2.32. The Balaban J connectivity index is 1.30. The molecule has 0 radical (unpaired) electrons. The van der Waals surface area contributed by atoms with E-state index in [0.29, 0.717) is 49.1 Å². The molecule has 0 saturated heterocycles. The van der Waals surface area contributed by atoms with E-state index < -0.39 is 0 Å². The highest BCUT2D eigenvalue weighted by molar-refractivity contribution is 6.35. The summed E-state index contributed by atoms with van der Waals surface area (Å²) in [6.45, 7) is 9.66. The van der Waals surface area contributed by atoms with Gasteiger partial charge in [0, 0.05) is 51.6 Å². The van der Waals surface area contributed by atoms with Gasteiger partial charge in [-0.15, -0.1) is 10.2 Å². The summed E-state index contributed by atoms with van der Waals surface area (Å²) in [6, 6.07) is 15.6. The van der Waals surface area contributed by atoms with Gasteiger partial charge in [0.05, 0.1) is 22.8 Å². The van der Waals surface area contributed by atoms with Crippen LogP contribution in [0.3, 0.4) is 0 Å². The van der Waals surface area contributed by atoms with Gasteiger partial charge in [-0.3, -0.25) is 9.89 Å². The number of ether oxygens (including phenoxy) is 1. The standard InChI is InChI=1S/C35H34Cl2N8O2/c1-19-17-25(18-20(2)31(19)37)47-16-5-7-26-27-12-13-28(36)30(29-21(3)38-39-22(29)4)32(27)45-15-6-14-44(35(46)33(26)45)24-10-8-23(9-11-24)34-40-42-43-41-34/h8-13,17-18H,5-7,14-16H2,1-4H3,(H,38,39)(H,40,41,42,43). The third kappa shape index (κ3) is 5.55. The minimum atomic E-state index is -0.0476. The minimum absolute atomic E-state index is 0.0476. The normalized spacial score (nSPS) is 13.3. The van der Waals surface area contributed by atoms with E-state index in [1.807, 2.05) is 81.1 Å². The predicted octanol–water partition coefficient (Wildman–Crippen LogP) is 7.81. The highest BCUT2D eigenvalue weighted by Crippen LogP contribution is 2.43. The Bertz CT molecular complexity index is 2070. The fourth-order valence-electron chi connectivity index (χ4n) is 6.74. The summed E-state index contributed by atoms with van der Waals surface area (Å²) in [5, 5.41) is 24.3. The fraction of sp³-hybridized carbons (Fsp3) is 0.286. The fourth-order valence-corrected chi connectivity index (χ4v) is 7.09. The number of rotatable bonds is 8. The first-order chi connectivity index (χ1) is 22.7. The van der Waals surface area contributed by atoms with Crippen LogP contribution < -0.4 is 9.64 Å². The number of nitrogens with one attached hydrogen (secondary N) is 2. The van der Waals surface area contributed by atoms with Crippen molar-refractivity contribution in [2.24, 2.45) is 0 Å². The van der Waals surface area contributed by atoms with Crippen LogP contribution >= 0.6 is 23.2 Å². The van der Waals surface area contributed by atoms with Crippen LogP contribution in [-0.4, -0.2) is 54.4 Å². The van der Waals surface area contributed by atoms with Gasteiger partial charge in [-0.1, -0.05) is 29.3 Å². The Labute approximate surface area is 282 Å². The lowest BCUT2D eigenvalue weighted by Gasteiger charge is -2.21. The maximum Gasteiger partial charge on any atom is 0.275 e. The number of hydrogen-bond acceptors (Lipinski definition) is 6. The van der Waals surface area contributed by atoms with Crippen LogP contribution in [-0.2, 0) is 13.0 Å². The number of carbonyl (C=O) groups is 1. The zero-order valence-corrected chi connectivity index (χ0v) is 28.1. The molecule has 2 N–H and O–H groups in total. The number of benzene rings is 3. The summed E-state index contributed by atoms with van der Waals surface area (Å²) in [5.41, 5.74) is 9.88. The quantitative estimate of drug-likeness (QED) is 0.160. The summed E-state index contributed by atoms with van der Waals surface area (Å²) in [4.78, 5) is 16.6. The molecule has 0 fully saturated rings. The van der Waals surface area contributed by atoms with Crippen LogP contribution in [0.15, 0.2) is 48.5 Å². The molecule has 0 unspecified atom stereocenters. The van der Waals surface area contributed by atoms with Crippen LogP contribution in [0.2, 0.25) is 10.0 Å². The smallest absolute Gasteiger partial charge is 0.275 e. The van der Waals surface area contributed by atoms with Gasteiger partial charge in [-0.2, -0.15) is 10.3 Å². The van der Waals surface area contributed by atoms with Crippen LogP contribution in [0.4, 0.5) is 5.69 Å². The van der Waals surface area contributed by atoms with E-state index in [-0.39, 0.29) is 5.91 Å². The van der Waals surface area contributed by atoms with Crippen molar-refractivity contribution in [2.45, 2.75) is 53.5 Å². The zero-order valence-electron chi connectivity index (χ0n) is 26.6. The molecule has 1 amide bonds. The molecule has 47 heavy (non-hydrogen) atoms. The molecule has 7 rings (SSSR count). The van der Waals surface area contributed by atoms with Crippen molar-refractivity contribution in [2.75, 3.05) is 18.1 Å². The molecule has 12 heteroatoms. The molecule has 3 aromatic heterocycles. The number of anilines is 1. The van der Waals surface area contributed by atoms with Crippen LogP contribution in [0.5, 0.6) is 5.75 Å². The third-order valence-corrected chi connectivity index (χ3v) is 9.81. The number of aromatic amines is 2. The average molecular weight is 670 g/mol. The number of aryl methyl sites for hydroxylation is 6. The summed E-state index contributed by atoms with van der Waals surface area (Å²) in [6.07, 6.45) is 2.12. The molecule has 240 valence electrons. The molecule has 0 atom stereocenters. The molecule has 0 saturated carbocycles. The van der Waals surface area contributed by atoms with Crippen LogP contribution in [0.1, 0.15) is 51.4 Å². The second-order valence-corrected chi connectivity index (χ2v) is 12.8. The molecule has 1 aliphatic rings. The molecular weight excluding hydrogens is 635 g/mol. The number of H-pyrrole nitrogens is 2. The van der Waals surface area contributed by atoms with Gasteiger partial charge in [0.15, 0.2) is 0 Å². The average Bonchev–Trinajstić information content (AvgIpc) is 3.76. The van der Waals surface area contributed by atoms with E-state index >= 15 is 0 Å². The van der Waals surface area contributed by atoms with Gasteiger partial charge >= 0.3 is 0 Å². The molecule has 0 aliphatic carbocycles. The molecule has 1 aliphatic heterocycles. The molecule has 3 aromatic carbocycles. The van der Waals surface area contributed by atoms with Gasteiger partial charge in [0.1, 0.15) is 11.4 Å². The van der Waals surface area contributed by atoms with Crippen molar-refractivity contribution in [3.8, 4) is 28.3 Å². The predicted molar refractivity (Wildman–Crippen MR) is 185 cm³/mol. The first kappa shape index (κ1) is 31.0. The van der Waals surface area contributed by atoms with Crippen molar-refractivity contribution in [1.82, 2.24) is 35.4 Å². The molecule has 6 aromatic rings. The van der Waals surface area contributed by atoms with E-state index in [0.717, 1.165) is 78.6 Å². The summed E-state index contributed by atoms with van der Waals surface area (Å²) in [5.74, 6) is 1.24. The number of hydrogen-bond donors (Lipinski definition) is 2. The second-order valence-electron chi connectivity index (χ2n) is 12.0. The van der Waals surface area contributed by atoms with Crippen molar-refractivity contribution >= 4 is 45.7 Å². The van der Waals surface area contributed by atoms with Crippen LogP contribution in [0, 0.1) is 27.7 Å². The summed E-state index contributed by atoms with van der Waals surface area (Å²) in [7, 11) is 0. The van der Waals surface area contributed by atoms with Gasteiger partial charge in [-0.05, 0) is 111 Å². The number of amides is 1. The van der Waals surface area contributed by atoms with E-state index in [1.165, 1.54) is 0 Å². The van der Waals surface area contributed by atoms with Crippen molar-refractivity contribution in [3.05, 3.63) is 92.3 Å². The summed E-state index contributed by atoms with van der Waals surface area (Å²) >= 11 is 13.4. The van der Waals surface area contributed by atoms with E-state index in [2.05, 4.69) is 35.4 Å². The number of aromatic nitrogens is 7.